The van der Waals surface area contributed by atoms with E-state index in [0.717, 1.165) is 11.4 Å². The maximum Gasteiger partial charge on any atom is 0.339 e. The van der Waals surface area contributed by atoms with E-state index >= 15 is 0 Å². The zero-order valence-electron chi connectivity index (χ0n) is 14.9. The van der Waals surface area contributed by atoms with Crippen LogP contribution in [0.15, 0.2) is 40.1 Å². The maximum atomic E-state index is 12.0. The van der Waals surface area contributed by atoms with E-state index in [-0.39, 0.29) is 5.97 Å². The molecule has 0 fully saturated rings. The highest BCUT2D eigenvalue weighted by Gasteiger charge is 2.41. The Morgan fingerprint density at radius 1 is 1.39 bits per heavy atom. The lowest BCUT2D eigenvalue weighted by Crippen LogP contribution is -2.35. The Bertz CT molecular complexity index is 595. The molecule has 5 heteroatoms. The molecule has 0 aromatic carbocycles. The van der Waals surface area contributed by atoms with E-state index in [2.05, 4.69) is 4.99 Å². The van der Waals surface area contributed by atoms with Crippen LogP contribution in [0.1, 0.15) is 41.0 Å². The Kier molecular flexibility index (Phi) is 6.49. The molecule has 5 nitrogen and oxygen atoms in total. The maximum absolute atomic E-state index is 12.0. The minimum absolute atomic E-state index is 0.360. The van der Waals surface area contributed by atoms with Crippen LogP contribution in [0.2, 0.25) is 0 Å². The third-order valence-electron chi connectivity index (χ3n) is 3.86. The normalized spacial score (nSPS) is 21.7. The van der Waals surface area contributed by atoms with Gasteiger partial charge in [-0.25, -0.2) is 9.79 Å². The van der Waals surface area contributed by atoms with Crippen LogP contribution in [0.25, 0.3) is 0 Å². The molecule has 0 saturated carbocycles. The monoisotopic (exact) mass is 317 g/mol. The molecular formula is C18H27N3O2. The number of cyclic esters (lactones) is 1. The summed E-state index contributed by atoms with van der Waals surface area (Å²) in [6.07, 6.45) is 7.15. The number of carbonyl (C=O) groups is 1. The van der Waals surface area contributed by atoms with E-state index < -0.39 is 5.60 Å². The highest BCUT2D eigenvalue weighted by Crippen LogP contribution is 2.35. The van der Waals surface area contributed by atoms with Gasteiger partial charge in [0.2, 0.25) is 0 Å². The standard InChI is InChI=1S/C18H27N3O2/c1-7-8-15-16(11-19)18(5,23-17(15)22)9-10-21(6)14(4)20-12-13(2)3/h7-8,11-12,19H,9-10H2,1-6H3/b8-7-,19-11?,20-14?. The first-order valence-corrected chi connectivity index (χ1v) is 7.75. The van der Waals surface area contributed by atoms with E-state index in [1.165, 1.54) is 6.21 Å². The predicted octanol–water partition coefficient (Wildman–Crippen LogP) is 3.49. The Morgan fingerprint density at radius 2 is 2.04 bits per heavy atom. The topological polar surface area (TPSA) is 65.8 Å². The molecule has 1 aliphatic heterocycles. The van der Waals surface area contributed by atoms with Crippen LogP contribution in [0.3, 0.4) is 0 Å². The highest BCUT2D eigenvalue weighted by molar-refractivity contribution is 6.03. The number of ether oxygens (including phenoxy) is 1. The van der Waals surface area contributed by atoms with Gasteiger partial charge in [-0.3, -0.25) is 0 Å². The first-order chi connectivity index (χ1) is 10.7. The number of hydrogen-bond donors (Lipinski definition) is 1. The largest absolute Gasteiger partial charge is 0.451 e. The molecule has 0 aromatic rings. The summed E-state index contributed by atoms with van der Waals surface area (Å²) in [4.78, 5) is 18.4. The van der Waals surface area contributed by atoms with Gasteiger partial charge in [0, 0.05) is 38.0 Å². The van der Waals surface area contributed by atoms with Crippen molar-refractivity contribution in [3.05, 3.63) is 35.1 Å². The number of esters is 1. The van der Waals surface area contributed by atoms with Crippen LogP contribution in [0, 0.1) is 5.41 Å². The van der Waals surface area contributed by atoms with Crippen molar-refractivity contribution in [3.8, 4) is 0 Å². The number of carbonyl (C=O) groups excluding carboxylic acids is 1. The third kappa shape index (κ3) is 4.65. The molecule has 0 radical (unpaired) electrons. The molecule has 0 aliphatic carbocycles. The second kappa shape index (κ2) is 7.90. The van der Waals surface area contributed by atoms with Gasteiger partial charge in [0.05, 0.1) is 5.57 Å². The molecule has 1 atom stereocenters. The molecule has 23 heavy (non-hydrogen) atoms. The van der Waals surface area contributed by atoms with Crippen molar-refractivity contribution in [3.63, 3.8) is 0 Å². The van der Waals surface area contributed by atoms with Crippen molar-refractivity contribution in [1.29, 1.82) is 5.41 Å². The lowest BCUT2D eigenvalue weighted by molar-refractivity contribution is -0.145. The summed E-state index contributed by atoms with van der Waals surface area (Å²) in [5.74, 6) is 0.537. The van der Waals surface area contributed by atoms with E-state index in [1.807, 2.05) is 52.8 Å². The average Bonchev–Trinajstić information content (AvgIpc) is 2.73. The molecule has 1 unspecified atom stereocenters. The zero-order valence-corrected chi connectivity index (χ0v) is 14.9. The fourth-order valence-corrected chi connectivity index (χ4v) is 2.31. The Morgan fingerprint density at radius 3 is 2.57 bits per heavy atom. The minimum Gasteiger partial charge on any atom is -0.451 e. The molecular weight excluding hydrogens is 290 g/mol. The van der Waals surface area contributed by atoms with Crippen molar-refractivity contribution in [1.82, 2.24) is 4.90 Å². The summed E-state index contributed by atoms with van der Waals surface area (Å²) >= 11 is 0. The molecule has 0 amide bonds. The first kappa shape index (κ1) is 18.9. The number of amidine groups is 1. The van der Waals surface area contributed by atoms with E-state index in [4.69, 9.17) is 10.1 Å². The Hall–Kier alpha value is -2.17. The Labute approximate surface area is 138 Å². The van der Waals surface area contributed by atoms with Gasteiger partial charge >= 0.3 is 5.97 Å². The summed E-state index contributed by atoms with van der Waals surface area (Å²) in [7, 11) is 1.96. The Balaban J connectivity index is 2.88. The van der Waals surface area contributed by atoms with Crippen molar-refractivity contribution in [2.45, 2.75) is 46.6 Å². The van der Waals surface area contributed by atoms with Crippen LogP contribution in [-0.2, 0) is 9.53 Å². The lowest BCUT2D eigenvalue weighted by atomic mass is 9.91. The van der Waals surface area contributed by atoms with Crippen LogP contribution in [0.4, 0.5) is 0 Å². The van der Waals surface area contributed by atoms with Crippen LogP contribution < -0.4 is 0 Å². The fourth-order valence-electron chi connectivity index (χ4n) is 2.31. The number of allylic oxidation sites excluding steroid dienone is 2. The van der Waals surface area contributed by atoms with Gasteiger partial charge in [0.25, 0.3) is 0 Å². The summed E-state index contributed by atoms with van der Waals surface area (Å²) in [6, 6.07) is 0. The second-order valence-corrected chi connectivity index (χ2v) is 6.15. The van der Waals surface area contributed by atoms with Gasteiger partial charge in [0.1, 0.15) is 11.4 Å². The summed E-state index contributed by atoms with van der Waals surface area (Å²) in [5.41, 5.74) is 1.48. The summed E-state index contributed by atoms with van der Waals surface area (Å²) in [6.45, 7) is 10.3. The van der Waals surface area contributed by atoms with Crippen molar-refractivity contribution in [2.24, 2.45) is 4.99 Å². The smallest absolute Gasteiger partial charge is 0.339 e. The van der Waals surface area contributed by atoms with E-state index in [0.29, 0.717) is 24.1 Å². The molecule has 0 bridgehead atoms. The molecule has 0 saturated heterocycles. The molecule has 1 rings (SSSR count). The first-order valence-electron chi connectivity index (χ1n) is 7.75. The minimum atomic E-state index is -0.765. The second-order valence-electron chi connectivity index (χ2n) is 6.15. The van der Waals surface area contributed by atoms with Gasteiger partial charge in [-0.1, -0.05) is 17.7 Å². The number of nitrogens with zero attached hydrogens (tertiary/aromatic N) is 2. The van der Waals surface area contributed by atoms with Crippen molar-refractivity contribution < 1.29 is 9.53 Å². The number of nitrogens with one attached hydrogen (secondary N) is 1. The average molecular weight is 317 g/mol. The van der Waals surface area contributed by atoms with E-state index in [1.54, 1.807) is 12.2 Å². The SMILES string of the molecule is C/C=C\C1=C(C=N)C(C)(CCN(C)C(C)=NC=C(C)C)OC1=O. The molecule has 1 N–H and O–H groups in total. The van der Waals surface area contributed by atoms with Crippen LogP contribution >= 0.6 is 0 Å². The van der Waals surface area contributed by atoms with Gasteiger partial charge in [0.15, 0.2) is 0 Å². The fraction of sp³-hybridized carbons (Fsp3) is 0.500. The van der Waals surface area contributed by atoms with Gasteiger partial charge < -0.3 is 15.0 Å². The van der Waals surface area contributed by atoms with Crippen molar-refractivity contribution >= 4 is 18.0 Å². The summed E-state index contributed by atoms with van der Waals surface area (Å²) in [5, 5.41) is 7.64. The number of hydrogen-bond acceptors (Lipinski definition) is 4. The molecule has 126 valence electrons. The third-order valence-corrected chi connectivity index (χ3v) is 3.86. The van der Waals surface area contributed by atoms with Crippen molar-refractivity contribution in [2.75, 3.05) is 13.6 Å². The highest BCUT2D eigenvalue weighted by atomic mass is 16.6. The predicted molar refractivity (Wildman–Crippen MR) is 94.9 cm³/mol. The number of rotatable bonds is 6. The molecule has 1 aliphatic rings. The quantitative estimate of drug-likeness (QED) is 0.463. The molecule has 0 spiro atoms. The molecule has 1 heterocycles. The lowest BCUT2D eigenvalue weighted by Gasteiger charge is -2.28. The van der Waals surface area contributed by atoms with Gasteiger partial charge in [-0.15, -0.1) is 0 Å². The molecule has 0 aromatic heterocycles. The van der Waals surface area contributed by atoms with Gasteiger partial charge in [-0.2, -0.15) is 0 Å². The van der Waals surface area contributed by atoms with E-state index in [9.17, 15) is 4.79 Å². The zero-order chi connectivity index (χ0) is 17.6. The summed E-state index contributed by atoms with van der Waals surface area (Å²) < 4.78 is 5.55. The van der Waals surface area contributed by atoms with Crippen LogP contribution in [-0.4, -0.2) is 42.1 Å². The number of aliphatic imine (C=N–C) groups is 1. The van der Waals surface area contributed by atoms with Gasteiger partial charge in [-0.05, 0) is 34.6 Å². The van der Waals surface area contributed by atoms with Crippen LogP contribution in [0.5, 0.6) is 0 Å².